The molecule has 2 aliphatic heterocycles. The molecule has 3 N–H and O–H groups in total. The number of hydrogen-bond acceptors (Lipinski definition) is 5. The smallest absolute Gasteiger partial charge is 0.326 e. The van der Waals surface area contributed by atoms with Crippen LogP contribution >= 0.6 is 0 Å². The summed E-state index contributed by atoms with van der Waals surface area (Å²) in [4.78, 5) is 32.2. The maximum atomic E-state index is 12.9. The second kappa shape index (κ2) is 6.62. The maximum absolute atomic E-state index is 12.9. The number of nitrogens with zero attached hydrogens (tertiary/aromatic N) is 4. The van der Waals surface area contributed by atoms with Crippen LogP contribution in [0.25, 0.3) is 11.1 Å². The summed E-state index contributed by atoms with van der Waals surface area (Å²) in [6, 6.07) is 10.6. The topological polar surface area (TPSA) is 117 Å². The summed E-state index contributed by atoms with van der Waals surface area (Å²) in [5, 5.41) is 7.00. The Labute approximate surface area is 166 Å². The van der Waals surface area contributed by atoms with Crippen LogP contribution in [0.3, 0.4) is 0 Å². The van der Waals surface area contributed by atoms with Gasteiger partial charge < -0.3 is 15.4 Å². The van der Waals surface area contributed by atoms with Crippen molar-refractivity contribution in [3.05, 3.63) is 59.4 Å². The van der Waals surface area contributed by atoms with E-state index >= 15 is 0 Å². The van der Waals surface area contributed by atoms with Gasteiger partial charge in [-0.2, -0.15) is 10.1 Å². The Kier molecular flexibility index (Phi) is 3.94. The van der Waals surface area contributed by atoms with Crippen molar-refractivity contribution in [3.63, 3.8) is 0 Å². The first-order valence-electron chi connectivity index (χ1n) is 9.22. The molecule has 0 atom stereocenters. The van der Waals surface area contributed by atoms with Gasteiger partial charge in [0.15, 0.2) is 0 Å². The molecular weight excluding hydrogens is 372 g/mol. The zero-order chi connectivity index (χ0) is 20.0. The normalized spacial score (nSPS) is 15.1. The summed E-state index contributed by atoms with van der Waals surface area (Å²) in [5.41, 5.74) is 9.29. The monoisotopic (exact) mass is 390 g/mol. The molecule has 0 aliphatic carbocycles. The number of primary amides is 1. The number of aromatic amines is 1. The fraction of sp³-hybridized carbons (Fsp3) is 0.200. The van der Waals surface area contributed by atoms with E-state index in [1.807, 2.05) is 24.4 Å². The van der Waals surface area contributed by atoms with Crippen LogP contribution in [0.2, 0.25) is 0 Å². The number of ether oxygens (including phenoxy) is 1. The Morgan fingerprint density at radius 1 is 1.21 bits per heavy atom. The van der Waals surface area contributed by atoms with Gasteiger partial charge in [0.1, 0.15) is 18.1 Å². The molecule has 3 aromatic rings. The van der Waals surface area contributed by atoms with Crippen molar-refractivity contribution in [2.75, 3.05) is 18.0 Å². The number of carbonyl (C=O) groups excluding carboxylic acids is 2. The van der Waals surface area contributed by atoms with Gasteiger partial charge in [0.25, 0.3) is 0 Å². The highest BCUT2D eigenvalue weighted by atomic mass is 16.5. The second-order valence-corrected chi connectivity index (χ2v) is 6.98. The molecule has 0 saturated carbocycles. The largest absolute Gasteiger partial charge is 0.471 e. The predicted molar refractivity (Wildman–Crippen MR) is 104 cm³/mol. The minimum Gasteiger partial charge on any atom is -0.471 e. The number of aromatic nitrogens is 3. The fourth-order valence-corrected chi connectivity index (χ4v) is 3.68. The number of H-pyrrole nitrogens is 1. The van der Waals surface area contributed by atoms with E-state index in [0.717, 1.165) is 22.4 Å². The average molecular weight is 390 g/mol. The zero-order valence-electron chi connectivity index (χ0n) is 15.5. The van der Waals surface area contributed by atoms with Crippen molar-refractivity contribution in [1.29, 1.82) is 0 Å². The molecule has 146 valence electrons. The summed E-state index contributed by atoms with van der Waals surface area (Å²) in [6.07, 6.45) is 1.82. The molecular formula is C20H18N6O3. The summed E-state index contributed by atoms with van der Waals surface area (Å²) >= 11 is 0. The van der Waals surface area contributed by atoms with Crippen molar-refractivity contribution in [2.24, 2.45) is 5.73 Å². The first kappa shape index (κ1) is 17.2. The van der Waals surface area contributed by atoms with Crippen molar-refractivity contribution < 1.29 is 14.3 Å². The van der Waals surface area contributed by atoms with Gasteiger partial charge in [-0.25, -0.2) is 4.79 Å². The molecule has 5 rings (SSSR count). The first-order chi connectivity index (χ1) is 14.1. The van der Waals surface area contributed by atoms with Gasteiger partial charge in [0, 0.05) is 42.5 Å². The number of pyridine rings is 1. The van der Waals surface area contributed by atoms with E-state index in [1.54, 1.807) is 28.0 Å². The quantitative estimate of drug-likeness (QED) is 0.706. The molecule has 1 saturated heterocycles. The van der Waals surface area contributed by atoms with Crippen molar-refractivity contribution in [3.8, 4) is 17.0 Å². The Balaban J connectivity index is 1.36. The molecule has 0 bridgehead atoms. The maximum Gasteiger partial charge on any atom is 0.326 e. The minimum absolute atomic E-state index is 0.137. The lowest BCUT2D eigenvalue weighted by atomic mass is 10.1. The van der Waals surface area contributed by atoms with Crippen LogP contribution in [0.4, 0.5) is 10.6 Å². The Bertz CT molecular complexity index is 1120. The number of benzene rings is 1. The first-order valence-corrected chi connectivity index (χ1v) is 9.22. The van der Waals surface area contributed by atoms with Crippen LogP contribution < -0.4 is 15.4 Å². The molecule has 29 heavy (non-hydrogen) atoms. The molecule has 0 radical (unpaired) electrons. The molecule has 0 spiro atoms. The molecule has 1 fully saturated rings. The van der Waals surface area contributed by atoms with E-state index in [2.05, 4.69) is 15.2 Å². The Morgan fingerprint density at radius 2 is 2.10 bits per heavy atom. The lowest BCUT2D eigenvalue weighted by Gasteiger charge is -2.21. The average Bonchev–Trinajstić information content (AvgIpc) is 3.35. The third-order valence-electron chi connectivity index (χ3n) is 5.16. The number of anilines is 1. The van der Waals surface area contributed by atoms with E-state index in [1.165, 1.54) is 0 Å². The standard InChI is InChI=1S/C20H18N6O3/c21-18(27)13-3-1-2-12(8-13)10-25-6-7-26(20(25)28)17-5-4-14-15-9-22-24-16(15)11-29-19(14)23-17/h1-5,8-9H,6-7,10-11H2,(H2,21,27)(H,22,24). The van der Waals surface area contributed by atoms with E-state index < -0.39 is 5.91 Å². The van der Waals surface area contributed by atoms with Gasteiger partial charge in [-0.1, -0.05) is 12.1 Å². The van der Waals surface area contributed by atoms with Crippen LogP contribution in [0.1, 0.15) is 21.6 Å². The Morgan fingerprint density at radius 3 is 2.97 bits per heavy atom. The van der Waals surface area contributed by atoms with Crippen molar-refractivity contribution >= 4 is 17.8 Å². The van der Waals surface area contributed by atoms with E-state index in [9.17, 15) is 9.59 Å². The van der Waals surface area contributed by atoms with Gasteiger partial charge in [0.05, 0.1) is 0 Å². The van der Waals surface area contributed by atoms with Crippen LogP contribution in [-0.2, 0) is 13.2 Å². The predicted octanol–water partition coefficient (Wildman–Crippen LogP) is 1.91. The summed E-state index contributed by atoms with van der Waals surface area (Å²) in [6.45, 7) is 1.83. The molecule has 9 heteroatoms. The van der Waals surface area contributed by atoms with Crippen LogP contribution in [0, 0.1) is 0 Å². The second-order valence-electron chi connectivity index (χ2n) is 6.98. The van der Waals surface area contributed by atoms with Gasteiger partial charge >= 0.3 is 6.03 Å². The summed E-state index contributed by atoms with van der Waals surface area (Å²) in [5.74, 6) is 0.561. The Hall–Kier alpha value is -3.88. The van der Waals surface area contributed by atoms with Gasteiger partial charge in [-0.3, -0.25) is 14.8 Å². The summed E-state index contributed by atoms with van der Waals surface area (Å²) < 4.78 is 5.71. The van der Waals surface area contributed by atoms with Crippen LogP contribution in [0.15, 0.2) is 42.6 Å². The highest BCUT2D eigenvalue weighted by molar-refractivity contribution is 5.94. The number of fused-ring (bicyclic) bond motifs is 3. The minimum atomic E-state index is -0.486. The lowest BCUT2D eigenvalue weighted by molar-refractivity contribution is 0.1000. The van der Waals surface area contributed by atoms with Crippen LogP contribution in [0.5, 0.6) is 5.88 Å². The van der Waals surface area contributed by atoms with Crippen LogP contribution in [-0.4, -0.2) is 45.1 Å². The number of amides is 3. The van der Waals surface area contributed by atoms with Crippen molar-refractivity contribution in [1.82, 2.24) is 20.1 Å². The number of urea groups is 1. The zero-order valence-corrected chi connectivity index (χ0v) is 15.5. The number of hydrogen-bond donors (Lipinski definition) is 2. The highest BCUT2D eigenvalue weighted by Crippen LogP contribution is 2.36. The molecule has 1 aromatic carbocycles. The van der Waals surface area contributed by atoms with Gasteiger partial charge in [0.2, 0.25) is 11.8 Å². The highest BCUT2D eigenvalue weighted by Gasteiger charge is 2.31. The molecule has 9 nitrogen and oxygen atoms in total. The van der Waals surface area contributed by atoms with E-state index in [0.29, 0.717) is 43.5 Å². The molecule has 2 aromatic heterocycles. The third kappa shape index (κ3) is 2.96. The fourth-order valence-electron chi connectivity index (χ4n) is 3.68. The number of nitrogens with two attached hydrogens (primary N) is 1. The van der Waals surface area contributed by atoms with E-state index in [4.69, 9.17) is 10.5 Å². The van der Waals surface area contributed by atoms with Crippen molar-refractivity contribution in [2.45, 2.75) is 13.2 Å². The van der Waals surface area contributed by atoms with E-state index in [-0.39, 0.29) is 6.03 Å². The van der Waals surface area contributed by atoms with Gasteiger partial charge in [-0.15, -0.1) is 0 Å². The third-order valence-corrected chi connectivity index (χ3v) is 5.16. The lowest BCUT2D eigenvalue weighted by Crippen LogP contribution is -2.32. The SMILES string of the molecule is NC(=O)c1cccc(CN2CCN(c3ccc4c(n3)OCc3n[nH]cc3-4)C2=O)c1. The molecule has 0 unspecified atom stereocenters. The molecule has 4 heterocycles. The number of carbonyl (C=O) groups is 2. The number of nitrogens with one attached hydrogen (secondary N) is 1. The molecule has 3 amide bonds. The molecule has 2 aliphatic rings. The number of rotatable bonds is 4. The van der Waals surface area contributed by atoms with Gasteiger partial charge in [-0.05, 0) is 29.8 Å². The summed E-state index contributed by atoms with van der Waals surface area (Å²) in [7, 11) is 0.